The zero-order valence-corrected chi connectivity index (χ0v) is 17.4. The lowest BCUT2D eigenvalue weighted by molar-refractivity contribution is -0.286. The van der Waals surface area contributed by atoms with Gasteiger partial charge in [-0.15, -0.1) is 0 Å². The van der Waals surface area contributed by atoms with Gasteiger partial charge >= 0.3 is 6.18 Å². The summed E-state index contributed by atoms with van der Waals surface area (Å²) >= 11 is 0. The van der Waals surface area contributed by atoms with Gasteiger partial charge in [0.15, 0.2) is 0 Å². The van der Waals surface area contributed by atoms with Crippen LogP contribution in [0.4, 0.5) is 17.6 Å². The molecule has 0 bridgehead atoms. The molecule has 0 aromatic heterocycles. The van der Waals surface area contributed by atoms with Crippen LogP contribution in [0, 0.1) is 5.82 Å². The molecule has 1 unspecified atom stereocenters. The molecule has 2 aromatic carbocycles. The molecule has 0 radical (unpaired) electrons. The van der Waals surface area contributed by atoms with Gasteiger partial charge in [-0.3, -0.25) is 0 Å². The Labute approximate surface area is 186 Å². The maximum absolute atomic E-state index is 14.8. The smallest absolute Gasteiger partial charge is 0.416 e. The molecule has 33 heavy (non-hydrogen) atoms. The average molecular weight is 476 g/mol. The van der Waals surface area contributed by atoms with Gasteiger partial charge < -0.3 is 35.0 Å². The van der Waals surface area contributed by atoms with Crippen LogP contribution in [0.1, 0.15) is 29.2 Å². The number of rotatable bonds is 6. The number of halogens is 4. The summed E-state index contributed by atoms with van der Waals surface area (Å²) in [7, 11) is 0. The predicted octanol–water partition coefficient (Wildman–Crippen LogP) is 1.49. The zero-order valence-electron chi connectivity index (χ0n) is 17.4. The molecule has 5 N–H and O–H groups in total. The molecule has 0 saturated carbocycles. The highest BCUT2D eigenvalue weighted by molar-refractivity contribution is 5.42. The average Bonchev–Trinajstić information content (AvgIpc) is 2.75. The summed E-state index contributed by atoms with van der Waals surface area (Å²) in [6, 6.07) is 6.36. The first-order valence-corrected chi connectivity index (χ1v) is 10.0. The molecule has 2 aromatic rings. The van der Waals surface area contributed by atoms with Crippen molar-refractivity contribution in [1.82, 2.24) is 0 Å². The van der Waals surface area contributed by atoms with Crippen LogP contribution in [0.2, 0.25) is 0 Å². The van der Waals surface area contributed by atoms with E-state index in [-0.39, 0.29) is 23.3 Å². The van der Waals surface area contributed by atoms with E-state index in [1.54, 1.807) is 0 Å². The van der Waals surface area contributed by atoms with E-state index in [1.165, 1.54) is 25.1 Å². The lowest BCUT2D eigenvalue weighted by Gasteiger charge is -2.41. The second-order valence-electron chi connectivity index (χ2n) is 7.88. The van der Waals surface area contributed by atoms with Crippen molar-refractivity contribution >= 4 is 0 Å². The molecule has 1 aliphatic rings. The third kappa shape index (κ3) is 5.62. The minimum absolute atomic E-state index is 0.100. The van der Waals surface area contributed by atoms with Crippen LogP contribution in [0.3, 0.4) is 0 Å². The highest BCUT2D eigenvalue weighted by Crippen LogP contribution is 2.33. The van der Waals surface area contributed by atoms with Crippen molar-refractivity contribution in [1.29, 1.82) is 0 Å². The van der Waals surface area contributed by atoms with E-state index < -0.39 is 61.0 Å². The van der Waals surface area contributed by atoms with E-state index in [0.29, 0.717) is 5.56 Å². The molecule has 1 aliphatic heterocycles. The van der Waals surface area contributed by atoms with Crippen LogP contribution in [0.15, 0.2) is 36.4 Å². The van der Waals surface area contributed by atoms with Gasteiger partial charge in [-0.2, -0.15) is 13.2 Å². The topological polar surface area (TPSA) is 120 Å². The number of alkyl halides is 3. The van der Waals surface area contributed by atoms with Crippen molar-refractivity contribution < 1.29 is 52.6 Å². The van der Waals surface area contributed by atoms with Crippen LogP contribution >= 0.6 is 0 Å². The number of hydrogen-bond acceptors (Lipinski definition) is 7. The maximum atomic E-state index is 14.8. The number of ether oxygens (including phenoxy) is 2. The van der Waals surface area contributed by atoms with Crippen molar-refractivity contribution in [3.63, 3.8) is 0 Å². The van der Waals surface area contributed by atoms with Crippen molar-refractivity contribution in [2.75, 3.05) is 0 Å². The van der Waals surface area contributed by atoms with Gasteiger partial charge in [0.2, 0.25) is 6.29 Å². The summed E-state index contributed by atoms with van der Waals surface area (Å²) in [5.74, 6) is -1.02. The first kappa shape index (κ1) is 25.3. The van der Waals surface area contributed by atoms with Crippen LogP contribution in [0.5, 0.6) is 5.75 Å². The summed E-state index contributed by atoms with van der Waals surface area (Å²) in [5.41, 5.74) is -0.534. The molecule has 1 fully saturated rings. The summed E-state index contributed by atoms with van der Waals surface area (Å²) in [4.78, 5) is 0. The maximum Gasteiger partial charge on any atom is 0.416 e. The predicted molar refractivity (Wildman–Crippen MR) is 106 cm³/mol. The lowest BCUT2D eigenvalue weighted by Crippen LogP contribution is -2.61. The Kier molecular flexibility index (Phi) is 7.62. The standard InChI is InChI=1S/C22H24F4O7/c1-10(28)20-18(30)17(29)19(31)21(33-20)32-16-8-12(9-27)7-15(23)14(16)6-11-2-4-13(5-3-11)22(24,25)26/h2-5,7-8,10,17-21,27-31H,6,9H2,1H3/t10?,17-,18-,19+,20+,21+/m0/s1. The SMILES string of the molecule is CC(O)[C@H]1O[C@@H](Oc2cc(CO)cc(F)c2Cc2ccc(C(F)(F)F)cc2)[C@H](O)[C@@H](O)[C@@H]1O. The third-order valence-electron chi connectivity index (χ3n) is 5.38. The molecule has 7 nitrogen and oxygen atoms in total. The minimum atomic E-state index is -4.53. The fourth-order valence-corrected chi connectivity index (χ4v) is 3.54. The van der Waals surface area contributed by atoms with Crippen molar-refractivity contribution in [3.05, 3.63) is 64.5 Å². The first-order chi connectivity index (χ1) is 15.4. The van der Waals surface area contributed by atoms with E-state index in [0.717, 1.165) is 18.2 Å². The quantitative estimate of drug-likeness (QED) is 0.401. The lowest BCUT2D eigenvalue weighted by atomic mass is 9.96. The van der Waals surface area contributed by atoms with Crippen LogP contribution in [0.25, 0.3) is 0 Å². The first-order valence-electron chi connectivity index (χ1n) is 10.0. The van der Waals surface area contributed by atoms with Gasteiger partial charge in [0.05, 0.1) is 18.3 Å². The number of benzene rings is 2. The third-order valence-corrected chi connectivity index (χ3v) is 5.38. The zero-order chi connectivity index (χ0) is 24.5. The molecular weight excluding hydrogens is 452 g/mol. The van der Waals surface area contributed by atoms with E-state index in [9.17, 15) is 43.1 Å². The van der Waals surface area contributed by atoms with Crippen LogP contribution < -0.4 is 4.74 Å². The Morgan fingerprint density at radius 2 is 1.64 bits per heavy atom. The van der Waals surface area contributed by atoms with E-state index in [4.69, 9.17) is 9.47 Å². The van der Waals surface area contributed by atoms with Gasteiger partial charge in [0, 0.05) is 12.0 Å². The van der Waals surface area contributed by atoms with Gasteiger partial charge in [-0.05, 0) is 42.3 Å². The van der Waals surface area contributed by atoms with Crippen LogP contribution in [-0.4, -0.2) is 62.3 Å². The Hall–Kier alpha value is -2.28. The highest BCUT2D eigenvalue weighted by Gasteiger charge is 2.46. The monoisotopic (exact) mass is 476 g/mol. The summed E-state index contributed by atoms with van der Waals surface area (Å²) in [6.45, 7) is 0.733. The highest BCUT2D eigenvalue weighted by atomic mass is 19.4. The molecule has 6 atom stereocenters. The number of aliphatic hydroxyl groups excluding tert-OH is 5. The molecule has 1 saturated heterocycles. The fraction of sp³-hybridized carbons (Fsp3) is 0.455. The van der Waals surface area contributed by atoms with Crippen molar-refractivity contribution in [3.8, 4) is 5.75 Å². The van der Waals surface area contributed by atoms with E-state index in [2.05, 4.69) is 0 Å². The van der Waals surface area contributed by atoms with E-state index >= 15 is 0 Å². The fourth-order valence-electron chi connectivity index (χ4n) is 3.54. The van der Waals surface area contributed by atoms with Gasteiger partial charge in [0.1, 0.15) is 36.0 Å². The molecular formula is C22H24F4O7. The van der Waals surface area contributed by atoms with Gasteiger partial charge in [-0.25, -0.2) is 4.39 Å². The second-order valence-corrected chi connectivity index (χ2v) is 7.88. The Bertz CT molecular complexity index is 949. The molecule has 0 spiro atoms. The number of aliphatic hydroxyl groups is 5. The molecule has 3 rings (SSSR count). The minimum Gasteiger partial charge on any atom is -0.462 e. The molecule has 0 amide bonds. The molecule has 11 heteroatoms. The molecule has 0 aliphatic carbocycles. The Morgan fingerprint density at radius 1 is 1.00 bits per heavy atom. The molecule has 1 heterocycles. The summed E-state index contributed by atoms with van der Waals surface area (Å²) < 4.78 is 64.2. The van der Waals surface area contributed by atoms with Crippen molar-refractivity contribution in [2.45, 2.75) is 62.9 Å². The largest absolute Gasteiger partial charge is 0.462 e. The van der Waals surface area contributed by atoms with Gasteiger partial charge in [0.25, 0.3) is 0 Å². The summed E-state index contributed by atoms with van der Waals surface area (Å²) in [6.07, 6.45) is -14.0. The normalized spacial score (nSPS) is 26.8. The van der Waals surface area contributed by atoms with Crippen molar-refractivity contribution in [2.24, 2.45) is 0 Å². The summed E-state index contributed by atoms with van der Waals surface area (Å²) in [5, 5.41) is 49.5. The Morgan fingerprint density at radius 3 is 2.18 bits per heavy atom. The van der Waals surface area contributed by atoms with Crippen LogP contribution in [-0.2, 0) is 23.9 Å². The second kappa shape index (κ2) is 9.92. The Balaban J connectivity index is 1.92. The van der Waals surface area contributed by atoms with Gasteiger partial charge in [-0.1, -0.05) is 12.1 Å². The van der Waals surface area contributed by atoms with E-state index in [1.807, 2.05) is 0 Å². The number of hydrogen-bond donors (Lipinski definition) is 5. The molecule has 182 valence electrons.